The highest BCUT2D eigenvalue weighted by atomic mass is 35.5. The fraction of sp³-hybridized carbons (Fsp3) is 0.452. The molecule has 0 saturated heterocycles. The largest absolute Gasteiger partial charge is 0.465 e. The third kappa shape index (κ3) is 9.48. The Kier molecular flexibility index (Phi) is 12.8. The molecule has 0 saturated carbocycles. The number of hydrogen-bond acceptors (Lipinski definition) is 6. The van der Waals surface area contributed by atoms with Gasteiger partial charge in [0.1, 0.15) is 11.8 Å². The molecule has 0 aliphatic heterocycles. The SMILES string of the molecule is CCCCCCCCCCCCC(NCOc1[nH]n2c(-c3ccccc3)nnc2c1Cl)OC=Nc1ccccc1Cl. The lowest BCUT2D eigenvalue weighted by molar-refractivity contribution is 0.111. The molecular weight excluding hydrogens is 559 g/mol. The maximum absolute atomic E-state index is 6.55. The number of fused-ring (bicyclic) bond motifs is 1. The number of ether oxygens (including phenoxy) is 2. The van der Waals surface area contributed by atoms with Gasteiger partial charge < -0.3 is 9.47 Å². The molecule has 220 valence electrons. The van der Waals surface area contributed by atoms with Crippen LogP contribution in [0.1, 0.15) is 77.6 Å². The smallest absolute Gasteiger partial charge is 0.230 e. The predicted octanol–water partition coefficient (Wildman–Crippen LogP) is 8.97. The molecule has 4 rings (SSSR count). The molecule has 0 amide bonds. The summed E-state index contributed by atoms with van der Waals surface area (Å²) < 4.78 is 13.6. The molecule has 0 aliphatic rings. The molecular formula is C31H40Cl2N6O2. The van der Waals surface area contributed by atoms with E-state index >= 15 is 0 Å². The summed E-state index contributed by atoms with van der Waals surface area (Å²) in [5.74, 6) is 1.06. The van der Waals surface area contributed by atoms with Gasteiger partial charge in [-0.2, -0.15) is 0 Å². The summed E-state index contributed by atoms with van der Waals surface area (Å²) in [7, 11) is 0. The highest BCUT2D eigenvalue weighted by Crippen LogP contribution is 2.30. The van der Waals surface area contributed by atoms with Crippen LogP contribution in [0.3, 0.4) is 0 Å². The van der Waals surface area contributed by atoms with Crippen LogP contribution in [0.4, 0.5) is 5.69 Å². The van der Waals surface area contributed by atoms with Crippen molar-refractivity contribution in [2.24, 2.45) is 4.99 Å². The Morgan fingerprint density at radius 3 is 2.32 bits per heavy atom. The van der Waals surface area contributed by atoms with Gasteiger partial charge in [0.15, 0.2) is 24.1 Å². The number of aromatic amines is 1. The standard InChI is InChI=1S/C31H40Cl2N6O2/c1-2-3-4-5-6-7-8-9-10-14-21-27(40-22-34-26-20-16-15-19-25(26)32)35-23-41-31-28(33)30-37-36-29(39(30)38-31)24-17-12-11-13-18-24/h11-13,15-20,22,27,35,38H,2-10,14,21,23H2,1H3. The monoisotopic (exact) mass is 598 g/mol. The number of aromatic nitrogens is 4. The van der Waals surface area contributed by atoms with Gasteiger partial charge in [0.2, 0.25) is 5.88 Å². The normalized spacial score (nSPS) is 12.4. The molecule has 1 atom stereocenters. The maximum Gasteiger partial charge on any atom is 0.230 e. The van der Waals surface area contributed by atoms with Crippen molar-refractivity contribution in [3.8, 4) is 17.3 Å². The van der Waals surface area contributed by atoms with E-state index in [1.165, 1.54) is 57.8 Å². The van der Waals surface area contributed by atoms with Crippen molar-refractivity contribution in [1.82, 2.24) is 25.1 Å². The first-order valence-electron chi connectivity index (χ1n) is 14.6. The lowest BCUT2D eigenvalue weighted by Gasteiger charge is -2.18. The Bertz CT molecular complexity index is 1340. The minimum absolute atomic E-state index is 0.180. The number of halogens is 2. The number of H-pyrrole nitrogens is 1. The van der Waals surface area contributed by atoms with E-state index in [4.69, 9.17) is 32.7 Å². The summed E-state index contributed by atoms with van der Waals surface area (Å²) in [5.41, 5.74) is 2.09. The van der Waals surface area contributed by atoms with Crippen LogP contribution in [-0.4, -0.2) is 39.2 Å². The van der Waals surface area contributed by atoms with Gasteiger partial charge >= 0.3 is 0 Å². The Balaban J connectivity index is 1.28. The zero-order valence-electron chi connectivity index (χ0n) is 23.7. The van der Waals surface area contributed by atoms with Crippen LogP contribution in [0.2, 0.25) is 10.0 Å². The molecule has 0 aliphatic carbocycles. The van der Waals surface area contributed by atoms with Gasteiger partial charge in [0.25, 0.3) is 0 Å². The molecule has 4 aromatic rings. The number of aliphatic imine (C=N–C) groups is 1. The summed E-state index contributed by atoms with van der Waals surface area (Å²) >= 11 is 12.8. The molecule has 10 heteroatoms. The van der Waals surface area contributed by atoms with E-state index in [0.29, 0.717) is 33.1 Å². The topological polar surface area (TPSA) is 88.8 Å². The van der Waals surface area contributed by atoms with Crippen molar-refractivity contribution < 1.29 is 9.47 Å². The van der Waals surface area contributed by atoms with Gasteiger partial charge in [-0.15, -0.1) is 10.2 Å². The Morgan fingerprint density at radius 1 is 0.902 bits per heavy atom. The number of rotatable bonds is 19. The second kappa shape index (κ2) is 17.0. The van der Waals surface area contributed by atoms with Gasteiger partial charge in [0, 0.05) is 5.56 Å². The van der Waals surface area contributed by atoms with E-state index in [1.54, 1.807) is 10.6 Å². The molecule has 0 bridgehead atoms. The van der Waals surface area contributed by atoms with Crippen LogP contribution in [0, 0.1) is 0 Å². The third-order valence-electron chi connectivity index (χ3n) is 6.92. The van der Waals surface area contributed by atoms with Crippen molar-refractivity contribution >= 4 is 40.9 Å². The van der Waals surface area contributed by atoms with E-state index in [2.05, 4.69) is 32.5 Å². The Morgan fingerprint density at radius 2 is 1.59 bits per heavy atom. The summed E-state index contributed by atoms with van der Waals surface area (Å²) in [6, 6.07) is 17.2. The van der Waals surface area contributed by atoms with Gasteiger partial charge in [-0.3, -0.25) is 5.10 Å². The highest BCUT2D eigenvalue weighted by molar-refractivity contribution is 6.35. The van der Waals surface area contributed by atoms with Crippen molar-refractivity contribution in [3.63, 3.8) is 0 Å². The Labute approximate surface area is 252 Å². The number of para-hydroxylation sites is 1. The first-order valence-corrected chi connectivity index (χ1v) is 15.4. The zero-order chi connectivity index (χ0) is 28.7. The second-order valence-corrected chi connectivity index (χ2v) is 10.9. The van der Waals surface area contributed by atoms with E-state index < -0.39 is 0 Å². The minimum atomic E-state index is -0.283. The fourth-order valence-corrected chi connectivity index (χ4v) is 5.02. The third-order valence-corrected chi connectivity index (χ3v) is 7.58. The molecule has 2 aromatic heterocycles. The van der Waals surface area contributed by atoms with Crippen molar-refractivity contribution in [3.05, 3.63) is 64.6 Å². The van der Waals surface area contributed by atoms with Gasteiger partial charge in [0.05, 0.1) is 10.7 Å². The van der Waals surface area contributed by atoms with Crippen LogP contribution < -0.4 is 10.1 Å². The summed E-state index contributed by atoms with van der Waals surface area (Å²) in [4.78, 5) is 4.38. The predicted molar refractivity (Wildman–Crippen MR) is 167 cm³/mol. The molecule has 41 heavy (non-hydrogen) atoms. The van der Waals surface area contributed by atoms with Crippen LogP contribution >= 0.6 is 23.2 Å². The quantitative estimate of drug-likeness (QED) is 0.0486. The van der Waals surface area contributed by atoms with Crippen LogP contribution in [0.25, 0.3) is 17.0 Å². The zero-order valence-corrected chi connectivity index (χ0v) is 25.2. The van der Waals surface area contributed by atoms with Crippen molar-refractivity contribution in [2.45, 2.75) is 83.8 Å². The lowest BCUT2D eigenvalue weighted by Crippen LogP contribution is -2.34. The average Bonchev–Trinajstić information content (AvgIpc) is 3.54. The van der Waals surface area contributed by atoms with Crippen molar-refractivity contribution in [1.29, 1.82) is 0 Å². The Hall–Kier alpha value is -3.07. The van der Waals surface area contributed by atoms with Crippen LogP contribution in [0.5, 0.6) is 5.88 Å². The van der Waals surface area contributed by atoms with Gasteiger partial charge in [-0.25, -0.2) is 14.8 Å². The number of benzene rings is 2. The molecule has 2 heterocycles. The molecule has 1 unspecified atom stereocenters. The van der Waals surface area contributed by atoms with E-state index in [1.807, 2.05) is 48.5 Å². The minimum Gasteiger partial charge on any atom is -0.465 e. The molecule has 0 fully saturated rings. The molecule has 0 radical (unpaired) electrons. The summed E-state index contributed by atoms with van der Waals surface area (Å²) in [5, 5.41) is 15.9. The fourth-order valence-electron chi connectivity index (χ4n) is 4.61. The number of unbranched alkanes of at least 4 members (excludes halogenated alkanes) is 9. The molecule has 2 aromatic carbocycles. The van der Waals surface area contributed by atoms with Crippen molar-refractivity contribution in [2.75, 3.05) is 6.73 Å². The van der Waals surface area contributed by atoms with Crippen LogP contribution in [-0.2, 0) is 4.74 Å². The van der Waals surface area contributed by atoms with Gasteiger partial charge in [-0.05, 0) is 25.0 Å². The number of nitrogens with one attached hydrogen (secondary N) is 2. The maximum atomic E-state index is 6.55. The molecule has 8 nitrogen and oxygen atoms in total. The van der Waals surface area contributed by atoms with E-state index in [0.717, 1.165) is 24.8 Å². The second-order valence-electron chi connectivity index (χ2n) is 10.1. The van der Waals surface area contributed by atoms with Crippen LogP contribution in [0.15, 0.2) is 59.6 Å². The average molecular weight is 600 g/mol. The highest BCUT2D eigenvalue weighted by Gasteiger charge is 2.18. The van der Waals surface area contributed by atoms with E-state index in [-0.39, 0.29) is 13.0 Å². The number of nitrogens with zero attached hydrogens (tertiary/aromatic N) is 4. The van der Waals surface area contributed by atoms with E-state index in [9.17, 15) is 0 Å². The first-order chi connectivity index (χ1) is 20.2. The molecule has 0 spiro atoms. The lowest BCUT2D eigenvalue weighted by atomic mass is 10.1. The molecule has 2 N–H and O–H groups in total. The number of hydrogen-bond donors (Lipinski definition) is 2. The summed E-state index contributed by atoms with van der Waals surface area (Å²) in [6.45, 7) is 2.44. The first kappa shape index (κ1) is 30.9. The summed E-state index contributed by atoms with van der Waals surface area (Å²) in [6.07, 6.45) is 14.7. The van der Waals surface area contributed by atoms with Gasteiger partial charge in [-0.1, -0.05) is 130 Å².